The molecule has 3 amide bonds. The van der Waals surface area contributed by atoms with Crippen LogP contribution >= 0.6 is 0 Å². The van der Waals surface area contributed by atoms with Crippen molar-refractivity contribution in [2.45, 2.75) is 29.9 Å². The summed E-state index contributed by atoms with van der Waals surface area (Å²) >= 11 is 0. The highest BCUT2D eigenvalue weighted by Crippen LogP contribution is 2.45. The largest absolute Gasteiger partial charge is 0.491 e. The summed E-state index contributed by atoms with van der Waals surface area (Å²) in [7, 11) is -10.5. The van der Waals surface area contributed by atoms with Crippen molar-refractivity contribution in [3.63, 3.8) is 0 Å². The minimum absolute atomic E-state index is 0.00618. The molecule has 0 aromatic heterocycles. The van der Waals surface area contributed by atoms with Crippen molar-refractivity contribution in [3.05, 3.63) is 99.2 Å². The van der Waals surface area contributed by atoms with E-state index in [0.717, 1.165) is 36.4 Å². The van der Waals surface area contributed by atoms with E-state index < -0.39 is 82.0 Å². The lowest BCUT2D eigenvalue weighted by molar-refractivity contribution is -0.126. The molecular formula is C42H42N8O15S2. The maximum absolute atomic E-state index is 13.5. The number of carbonyl (C=O) groups excluding carboxylic acids is 3. The summed E-state index contributed by atoms with van der Waals surface area (Å²) in [5, 5.41) is 28.7. The van der Waals surface area contributed by atoms with Crippen LogP contribution in [0.2, 0.25) is 0 Å². The molecule has 23 nitrogen and oxygen atoms in total. The van der Waals surface area contributed by atoms with Crippen molar-refractivity contribution in [3.8, 4) is 40.0 Å². The Morgan fingerprint density at radius 2 is 1.58 bits per heavy atom. The van der Waals surface area contributed by atoms with Crippen molar-refractivity contribution >= 4 is 60.6 Å². The minimum Gasteiger partial charge on any atom is -0.491 e. The number of fused-ring (bicyclic) bond motifs is 2. The van der Waals surface area contributed by atoms with E-state index in [4.69, 9.17) is 35.3 Å². The number of nitrogens with one attached hydrogen (secondary N) is 4. The van der Waals surface area contributed by atoms with Gasteiger partial charge in [0.2, 0.25) is 5.91 Å². The van der Waals surface area contributed by atoms with Gasteiger partial charge >= 0.3 is 5.97 Å². The molecule has 0 fully saturated rings. The molecule has 3 aromatic carbocycles. The van der Waals surface area contributed by atoms with Gasteiger partial charge in [-0.15, -0.1) is 0 Å². The highest BCUT2D eigenvalue weighted by atomic mass is 32.2. The first kappa shape index (κ1) is 50.4. The molecule has 1 heterocycles. The Hall–Kier alpha value is -7.56. The quantitative estimate of drug-likeness (QED) is 0.00809. The zero-order valence-electron chi connectivity index (χ0n) is 35.4. The van der Waals surface area contributed by atoms with Gasteiger partial charge in [-0.3, -0.25) is 28.9 Å². The number of hydrogen-bond acceptors (Lipinski definition) is 15. The van der Waals surface area contributed by atoms with Crippen LogP contribution in [0, 0.1) is 23.2 Å². The number of carboxylic acid groups (broad SMARTS) is 1. The van der Waals surface area contributed by atoms with E-state index in [1.807, 2.05) is 13.8 Å². The summed E-state index contributed by atoms with van der Waals surface area (Å²) in [5.74, 6) is 2.10. The predicted octanol–water partition coefficient (Wildman–Crippen LogP) is 3.44. The van der Waals surface area contributed by atoms with Crippen LogP contribution in [0.3, 0.4) is 0 Å². The van der Waals surface area contributed by atoms with Crippen LogP contribution in [0.15, 0.2) is 86.1 Å². The molecule has 1 atom stereocenters. The number of hydrogen-bond donors (Lipinski definition) is 8. The van der Waals surface area contributed by atoms with Gasteiger partial charge in [0.1, 0.15) is 19.0 Å². The zero-order chi connectivity index (χ0) is 49.1. The normalized spacial score (nSPS) is 11.8. The van der Waals surface area contributed by atoms with Gasteiger partial charge in [-0.25, -0.2) is 4.79 Å². The first-order valence-electron chi connectivity index (χ1n) is 19.7. The van der Waals surface area contributed by atoms with Crippen LogP contribution in [0.4, 0.5) is 5.69 Å². The fourth-order valence-electron chi connectivity index (χ4n) is 6.36. The van der Waals surface area contributed by atoms with Gasteiger partial charge in [-0.1, -0.05) is 36.9 Å². The second kappa shape index (κ2) is 22.1. The zero-order valence-corrected chi connectivity index (χ0v) is 37.1. The number of azide groups is 1. The first-order chi connectivity index (χ1) is 31.7. The lowest BCUT2D eigenvalue weighted by Gasteiger charge is -2.20. The second-order valence-electron chi connectivity index (χ2n) is 14.4. The molecule has 9 N–H and O–H groups in total. The average Bonchev–Trinajstić information content (AvgIpc) is 3.26. The van der Waals surface area contributed by atoms with Crippen LogP contribution in [0.5, 0.6) is 5.75 Å². The van der Waals surface area contributed by atoms with Gasteiger partial charge in [0.05, 0.1) is 36.4 Å². The molecule has 0 spiro atoms. The van der Waals surface area contributed by atoms with Gasteiger partial charge < -0.3 is 45.4 Å². The average molecular weight is 963 g/mol. The maximum atomic E-state index is 13.5. The van der Waals surface area contributed by atoms with Gasteiger partial charge in [0.15, 0.2) is 27.4 Å². The van der Waals surface area contributed by atoms with Crippen LogP contribution in [0.1, 0.15) is 44.9 Å². The summed E-state index contributed by atoms with van der Waals surface area (Å²) in [5.41, 5.74) is 12.3. The second-order valence-corrected chi connectivity index (χ2v) is 17.1. The number of carboxylic acids is 1. The number of carbonyl (C=O) groups is 4. The lowest BCUT2D eigenvalue weighted by atomic mass is 9.89. The molecule has 0 saturated heterocycles. The van der Waals surface area contributed by atoms with Crippen LogP contribution < -0.4 is 31.8 Å². The van der Waals surface area contributed by atoms with E-state index in [0.29, 0.717) is 0 Å². The molecule has 1 aliphatic carbocycles. The van der Waals surface area contributed by atoms with Crippen molar-refractivity contribution in [2.24, 2.45) is 11.0 Å². The van der Waals surface area contributed by atoms with E-state index in [9.17, 15) is 50.2 Å². The van der Waals surface area contributed by atoms with Crippen molar-refractivity contribution in [1.82, 2.24) is 16.0 Å². The summed E-state index contributed by atoms with van der Waals surface area (Å²) in [6, 6.07) is 13.7. The number of ether oxygens (including phenoxy) is 3. The Bertz CT molecular complexity index is 3100. The Balaban J connectivity index is 1.26. The molecule has 3 aromatic rings. The Morgan fingerprint density at radius 1 is 0.896 bits per heavy atom. The summed E-state index contributed by atoms with van der Waals surface area (Å²) in [6.07, 6.45) is -1.08. The molecule has 0 bridgehead atoms. The monoisotopic (exact) mass is 962 g/mol. The molecule has 5 rings (SSSR count). The molecular weight excluding hydrogens is 921 g/mol. The lowest BCUT2D eigenvalue weighted by Crippen LogP contribution is -2.34. The summed E-state index contributed by atoms with van der Waals surface area (Å²) in [6.45, 7) is 3.28. The topological polar surface area (TPSA) is 373 Å². The molecule has 352 valence electrons. The van der Waals surface area contributed by atoms with Crippen molar-refractivity contribution in [2.75, 3.05) is 51.8 Å². The smallest absolute Gasteiger partial charge is 0.336 e. The number of nitrogens with zero attached hydrogens (tertiary/aromatic N) is 3. The highest BCUT2D eigenvalue weighted by molar-refractivity contribution is 7.86. The molecule has 0 radical (unpaired) electrons. The van der Waals surface area contributed by atoms with Crippen molar-refractivity contribution in [1.29, 1.82) is 5.41 Å². The molecule has 67 heavy (non-hydrogen) atoms. The summed E-state index contributed by atoms with van der Waals surface area (Å²) < 4.78 is 92.4. The third-order valence-electron chi connectivity index (χ3n) is 9.20. The van der Waals surface area contributed by atoms with E-state index in [2.05, 4.69) is 37.8 Å². The summed E-state index contributed by atoms with van der Waals surface area (Å²) in [4.78, 5) is 51.6. The number of aromatic carboxylic acids is 1. The number of amides is 3. The van der Waals surface area contributed by atoms with Gasteiger partial charge in [0, 0.05) is 51.6 Å². The van der Waals surface area contributed by atoms with E-state index in [-0.39, 0.29) is 96.8 Å². The molecule has 2 aliphatic rings. The van der Waals surface area contributed by atoms with Gasteiger partial charge in [-0.05, 0) is 71.8 Å². The maximum Gasteiger partial charge on any atom is 0.336 e. The van der Waals surface area contributed by atoms with Crippen LogP contribution in [0.25, 0.3) is 43.9 Å². The minimum atomic E-state index is -5.27. The predicted molar refractivity (Wildman–Crippen MR) is 237 cm³/mol. The first-order valence-corrected chi connectivity index (χ1v) is 22.6. The number of nitrogens with two attached hydrogens (primary N) is 1. The molecule has 1 unspecified atom stereocenters. The van der Waals surface area contributed by atoms with E-state index in [1.165, 1.54) is 24.3 Å². The van der Waals surface area contributed by atoms with Crippen LogP contribution in [-0.2, 0) is 34.5 Å². The SMILES string of the molecule is CC(C)C#CCNC(=O)COCCOC(COc1cccc(C(=O)NCCNC(=O)c2ccc(C(=O)O)c(-c3c4ccc(=N)c(S(=O)(=O)O)c-4oc4c(S(=O)(=O)O)c(N)ccc34)c2)c1)N=[N+]=[N-]. The van der Waals surface area contributed by atoms with Crippen molar-refractivity contribution < 1.29 is 68.9 Å². The van der Waals surface area contributed by atoms with E-state index >= 15 is 0 Å². The van der Waals surface area contributed by atoms with Gasteiger partial charge in [0.25, 0.3) is 32.1 Å². The highest BCUT2D eigenvalue weighted by Gasteiger charge is 2.32. The molecule has 25 heteroatoms. The standard InChI is InChI=1S/C42H42N8O15S2/c1-23(2)5-4-14-46-33(51)21-62-17-18-63-34(49-50-45)22-64-26-7-3-6-24(19-26)40(52)47-15-16-48-41(53)25-8-9-27(42(54)55)30(20-25)35-28-10-12-31(43)38(66(56,57)58)36(28)65-37-29(35)11-13-32(44)39(37)67(59,60)61/h3,6-13,19-20,23,34,43H,14-18,21-22,44H2,1-2H3,(H,46,51)(H,47,52)(H,48,53)(H,54,55)(H,56,57,58)(H,59,60,61). The van der Waals surface area contributed by atoms with Crippen LogP contribution in [-0.4, -0.2) is 107 Å². The third-order valence-corrected chi connectivity index (χ3v) is 11.1. The molecule has 0 saturated carbocycles. The Morgan fingerprint density at radius 3 is 2.22 bits per heavy atom. The Kier molecular flexibility index (Phi) is 16.6. The fourth-order valence-corrected chi connectivity index (χ4v) is 7.84. The van der Waals surface area contributed by atoms with Gasteiger partial charge in [-0.2, -0.15) is 16.8 Å². The number of nitrogen functional groups attached to an aromatic ring is 1. The third kappa shape index (κ3) is 13.0. The number of rotatable bonds is 20. The molecule has 1 aliphatic heterocycles. The Labute approximate surface area is 381 Å². The fraction of sp³-hybridized carbons (Fsp3) is 0.262. The number of anilines is 1. The number of benzene rings is 4. The van der Waals surface area contributed by atoms with E-state index in [1.54, 1.807) is 6.07 Å².